The van der Waals surface area contributed by atoms with Crippen molar-refractivity contribution in [3.63, 3.8) is 0 Å². The van der Waals surface area contributed by atoms with E-state index in [-0.39, 0.29) is 17.4 Å². The van der Waals surface area contributed by atoms with Crippen molar-refractivity contribution in [3.05, 3.63) is 59.7 Å². The highest BCUT2D eigenvalue weighted by molar-refractivity contribution is 7.80. The largest absolute Gasteiger partial charge is 0.433 e. The van der Waals surface area contributed by atoms with Gasteiger partial charge < -0.3 is 5.32 Å². The first-order valence-electron chi connectivity index (χ1n) is 7.94. The van der Waals surface area contributed by atoms with Crippen molar-refractivity contribution in [2.45, 2.75) is 38.9 Å². The minimum Gasteiger partial charge on any atom is -0.372 e. The third-order valence-electron chi connectivity index (χ3n) is 4.00. The molecular weight excluding hydrogens is 347 g/mol. The van der Waals surface area contributed by atoms with Gasteiger partial charge in [-0.25, -0.2) is 9.97 Å². The molecule has 0 radical (unpaired) electrons. The second-order valence-electron chi connectivity index (χ2n) is 6.19. The van der Waals surface area contributed by atoms with Crippen LogP contribution in [0.15, 0.2) is 42.9 Å². The van der Waals surface area contributed by atoms with E-state index in [2.05, 4.69) is 15.3 Å². The molecule has 0 spiro atoms. The van der Waals surface area contributed by atoms with Crippen LogP contribution in [0.2, 0.25) is 0 Å². The quantitative estimate of drug-likeness (QED) is 0.762. The second-order valence-corrected chi connectivity index (χ2v) is 6.63. The molecule has 2 aromatic rings. The fraction of sp³-hybridized carbons (Fsp3) is 0.389. The molecule has 134 valence electrons. The molecule has 0 aliphatic rings. The molecule has 1 aromatic heterocycles. The van der Waals surface area contributed by atoms with Gasteiger partial charge >= 0.3 is 6.18 Å². The van der Waals surface area contributed by atoms with E-state index in [0.29, 0.717) is 4.99 Å². The summed E-state index contributed by atoms with van der Waals surface area (Å²) >= 11 is 5.46. The summed E-state index contributed by atoms with van der Waals surface area (Å²) in [6, 6.07) is 8.96. The van der Waals surface area contributed by atoms with Crippen molar-refractivity contribution < 1.29 is 13.2 Å². The summed E-state index contributed by atoms with van der Waals surface area (Å²) in [6.07, 6.45) is -2.42. The summed E-state index contributed by atoms with van der Waals surface area (Å²) in [5.74, 6) is -0.246. The van der Waals surface area contributed by atoms with Crippen LogP contribution in [-0.2, 0) is 6.18 Å². The molecule has 1 N–H and O–H groups in total. The van der Waals surface area contributed by atoms with Crippen LogP contribution in [0, 0.1) is 5.92 Å². The Bertz CT molecular complexity index is 717. The molecule has 0 bridgehead atoms. The summed E-state index contributed by atoms with van der Waals surface area (Å²) in [4.78, 5) is 7.71. The summed E-state index contributed by atoms with van der Waals surface area (Å²) < 4.78 is 39.8. The lowest BCUT2D eigenvalue weighted by atomic mass is 9.94. The highest BCUT2D eigenvalue weighted by atomic mass is 32.1. The Hall–Kier alpha value is -2.02. The van der Waals surface area contributed by atoms with Crippen molar-refractivity contribution in [2.24, 2.45) is 5.92 Å². The highest BCUT2D eigenvalue weighted by Gasteiger charge is 2.38. The van der Waals surface area contributed by atoms with E-state index >= 15 is 0 Å². The Morgan fingerprint density at radius 1 is 1.12 bits per heavy atom. The molecule has 2 unspecified atom stereocenters. The van der Waals surface area contributed by atoms with Crippen LogP contribution >= 0.6 is 12.2 Å². The van der Waals surface area contributed by atoms with Crippen LogP contribution in [0.4, 0.5) is 13.2 Å². The Morgan fingerprint density at radius 2 is 1.76 bits per heavy atom. The molecule has 1 aromatic carbocycles. The van der Waals surface area contributed by atoms with Crippen LogP contribution < -0.4 is 5.32 Å². The van der Waals surface area contributed by atoms with Crippen molar-refractivity contribution in [1.82, 2.24) is 15.3 Å². The van der Waals surface area contributed by atoms with E-state index < -0.39 is 17.9 Å². The molecule has 2 atom stereocenters. The molecule has 0 aliphatic heterocycles. The van der Waals surface area contributed by atoms with Crippen molar-refractivity contribution in [1.29, 1.82) is 0 Å². The molecule has 0 aliphatic carbocycles. The van der Waals surface area contributed by atoms with Crippen molar-refractivity contribution in [3.8, 4) is 0 Å². The number of alkyl halides is 3. The SMILES string of the molecule is CC(C(=S)NC(c1cncnc1C(F)(F)F)C(C)C)c1ccccc1. The first-order valence-corrected chi connectivity index (χ1v) is 8.35. The molecule has 0 saturated carbocycles. The topological polar surface area (TPSA) is 37.8 Å². The minimum atomic E-state index is -4.54. The monoisotopic (exact) mass is 367 g/mol. The number of aromatic nitrogens is 2. The minimum absolute atomic E-state index is 0.00705. The first kappa shape index (κ1) is 19.3. The van der Waals surface area contributed by atoms with E-state index in [4.69, 9.17) is 12.2 Å². The van der Waals surface area contributed by atoms with Gasteiger partial charge in [-0.3, -0.25) is 0 Å². The number of hydrogen-bond acceptors (Lipinski definition) is 3. The number of nitrogens with one attached hydrogen (secondary N) is 1. The van der Waals surface area contributed by atoms with Gasteiger partial charge in [-0.2, -0.15) is 13.2 Å². The predicted octanol–water partition coefficient (Wildman–Crippen LogP) is 4.91. The molecule has 0 fully saturated rings. The van der Waals surface area contributed by atoms with Gasteiger partial charge in [0.1, 0.15) is 6.33 Å². The third kappa shape index (κ3) is 4.75. The number of rotatable bonds is 5. The summed E-state index contributed by atoms with van der Waals surface area (Å²) in [5, 5.41) is 3.09. The molecule has 7 heteroatoms. The number of thiocarbonyl (C=S) groups is 1. The zero-order valence-electron chi connectivity index (χ0n) is 14.2. The first-order chi connectivity index (χ1) is 11.7. The smallest absolute Gasteiger partial charge is 0.372 e. The molecule has 0 saturated heterocycles. The lowest BCUT2D eigenvalue weighted by molar-refractivity contribution is -0.142. The van der Waals surface area contributed by atoms with E-state index in [9.17, 15) is 13.2 Å². The summed E-state index contributed by atoms with van der Waals surface area (Å²) in [6.45, 7) is 5.59. The Morgan fingerprint density at radius 3 is 2.32 bits per heavy atom. The zero-order valence-corrected chi connectivity index (χ0v) is 15.0. The maximum atomic E-state index is 13.3. The Balaban J connectivity index is 2.30. The van der Waals surface area contributed by atoms with E-state index in [1.165, 1.54) is 6.20 Å². The maximum absolute atomic E-state index is 13.3. The van der Waals surface area contributed by atoms with Gasteiger partial charge in [0.25, 0.3) is 0 Å². The number of halogens is 3. The van der Waals surface area contributed by atoms with Crippen LogP contribution in [0.3, 0.4) is 0 Å². The maximum Gasteiger partial charge on any atom is 0.433 e. The van der Waals surface area contributed by atoms with Crippen molar-refractivity contribution in [2.75, 3.05) is 0 Å². The standard InChI is InChI=1S/C18H20F3N3S/c1-11(2)15(14-9-22-10-23-16(14)18(19,20)21)24-17(25)12(3)13-7-5-4-6-8-13/h4-12,15H,1-3H3,(H,24,25). The lowest BCUT2D eigenvalue weighted by Crippen LogP contribution is -2.35. The van der Waals surface area contributed by atoms with Gasteiger partial charge in [0.2, 0.25) is 0 Å². The number of nitrogens with zero attached hydrogens (tertiary/aromatic N) is 2. The van der Waals surface area contributed by atoms with E-state index in [1.54, 1.807) is 0 Å². The fourth-order valence-corrected chi connectivity index (χ4v) is 2.84. The van der Waals surface area contributed by atoms with Crippen LogP contribution in [-0.4, -0.2) is 15.0 Å². The van der Waals surface area contributed by atoms with E-state index in [0.717, 1.165) is 11.9 Å². The average molecular weight is 367 g/mol. The molecule has 25 heavy (non-hydrogen) atoms. The van der Waals surface area contributed by atoms with E-state index in [1.807, 2.05) is 51.1 Å². The summed E-state index contributed by atoms with van der Waals surface area (Å²) in [5.41, 5.74) is 0.0827. The average Bonchev–Trinajstić information content (AvgIpc) is 2.58. The zero-order chi connectivity index (χ0) is 18.6. The van der Waals surface area contributed by atoms with Gasteiger partial charge in [-0.15, -0.1) is 0 Å². The Kier molecular flexibility index (Phi) is 6.11. The number of benzene rings is 1. The fourth-order valence-electron chi connectivity index (χ4n) is 2.58. The number of hydrogen-bond donors (Lipinski definition) is 1. The molecule has 1 heterocycles. The van der Waals surface area contributed by atoms with Gasteiger partial charge in [-0.1, -0.05) is 63.3 Å². The van der Waals surface area contributed by atoms with Crippen LogP contribution in [0.1, 0.15) is 49.6 Å². The second kappa shape index (κ2) is 7.91. The van der Waals surface area contributed by atoms with Gasteiger partial charge in [0, 0.05) is 17.7 Å². The van der Waals surface area contributed by atoms with Gasteiger partial charge in [0.15, 0.2) is 5.69 Å². The third-order valence-corrected chi connectivity index (χ3v) is 4.47. The predicted molar refractivity (Wildman–Crippen MR) is 95.2 cm³/mol. The molecular formula is C18H20F3N3S. The highest BCUT2D eigenvalue weighted by Crippen LogP contribution is 2.35. The van der Waals surface area contributed by atoms with Gasteiger partial charge in [0.05, 0.1) is 11.0 Å². The molecule has 3 nitrogen and oxygen atoms in total. The molecule has 2 rings (SSSR count). The van der Waals surface area contributed by atoms with Crippen LogP contribution in [0.5, 0.6) is 0 Å². The van der Waals surface area contributed by atoms with Crippen LogP contribution in [0.25, 0.3) is 0 Å². The van der Waals surface area contributed by atoms with Crippen molar-refractivity contribution >= 4 is 17.2 Å². The Labute approximate surface area is 150 Å². The molecule has 0 amide bonds. The lowest BCUT2D eigenvalue weighted by Gasteiger charge is -2.28. The summed E-state index contributed by atoms with van der Waals surface area (Å²) in [7, 11) is 0. The van der Waals surface area contributed by atoms with Gasteiger partial charge in [-0.05, 0) is 11.5 Å². The normalized spacial score (nSPS) is 14.2.